The highest BCUT2D eigenvalue weighted by Crippen LogP contribution is 2.63. The van der Waals surface area contributed by atoms with Gasteiger partial charge in [0.2, 0.25) is 0 Å². The molecule has 0 aromatic carbocycles. The lowest BCUT2D eigenvalue weighted by Crippen LogP contribution is -2.03. The van der Waals surface area contributed by atoms with Crippen molar-refractivity contribution in [2.45, 2.75) is 13.8 Å². The lowest BCUT2D eigenvalue weighted by molar-refractivity contribution is -0.139. The van der Waals surface area contributed by atoms with Crippen LogP contribution in [0.15, 0.2) is 9.52 Å². The van der Waals surface area contributed by atoms with Crippen molar-refractivity contribution in [1.29, 1.82) is 0 Å². The Balaban J connectivity index is 2.89. The van der Waals surface area contributed by atoms with Crippen molar-refractivity contribution in [3.05, 3.63) is 9.52 Å². The van der Waals surface area contributed by atoms with Crippen molar-refractivity contribution < 1.29 is 9.90 Å². The van der Waals surface area contributed by atoms with Gasteiger partial charge in [0.15, 0.2) is 0 Å². The van der Waals surface area contributed by atoms with E-state index in [-0.39, 0.29) is 20.9 Å². The number of carbonyl (C=O) groups is 1. The molecule has 2 atom stereocenters. The van der Waals surface area contributed by atoms with E-state index in [1.54, 1.807) is 0 Å². The summed E-state index contributed by atoms with van der Waals surface area (Å²) in [4.78, 5) is 10.7. The topological polar surface area (TPSA) is 37.3 Å². The molecule has 74 valence electrons. The molecule has 2 nitrogen and oxygen atoms in total. The molecule has 1 fully saturated rings. The van der Waals surface area contributed by atoms with Crippen LogP contribution in [0.2, 0.25) is 0 Å². The molecule has 0 heterocycles. The Bertz CT molecular complexity index is 279. The molecule has 0 amide bonds. The summed E-state index contributed by atoms with van der Waals surface area (Å²) in [6, 6.07) is 0. The van der Waals surface area contributed by atoms with Crippen molar-refractivity contribution in [2.75, 3.05) is 0 Å². The Morgan fingerprint density at radius 2 is 1.69 bits per heavy atom. The molecule has 0 spiro atoms. The van der Waals surface area contributed by atoms with E-state index in [4.69, 9.17) is 39.9 Å². The average molecular weight is 244 g/mol. The van der Waals surface area contributed by atoms with E-state index in [1.807, 2.05) is 13.8 Å². The summed E-state index contributed by atoms with van der Waals surface area (Å²) in [5, 5.41) is 9.07. The Morgan fingerprint density at radius 3 is 1.92 bits per heavy atom. The van der Waals surface area contributed by atoms with Gasteiger partial charge in [0, 0.05) is 5.92 Å². The first-order chi connectivity index (χ1) is 5.80. The average Bonchev–Trinajstić information content (AvgIpc) is 2.51. The van der Waals surface area contributed by atoms with Crippen LogP contribution in [0.25, 0.3) is 0 Å². The van der Waals surface area contributed by atoms with Gasteiger partial charge >= 0.3 is 5.97 Å². The van der Waals surface area contributed by atoms with Crippen LogP contribution in [0, 0.1) is 17.3 Å². The summed E-state index contributed by atoms with van der Waals surface area (Å²) in [7, 11) is 0. The molecule has 0 aromatic rings. The van der Waals surface area contributed by atoms with Crippen LogP contribution in [0.1, 0.15) is 13.8 Å². The van der Waals surface area contributed by atoms with Gasteiger partial charge in [0.1, 0.15) is 4.49 Å². The second-order valence-corrected chi connectivity index (χ2v) is 5.08. The van der Waals surface area contributed by atoms with Gasteiger partial charge < -0.3 is 5.11 Å². The minimum Gasteiger partial charge on any atom is -0.481 e. The van der Waals surface area contributed by atoms with Crippen LogP contribution in [0.3, 0.4) is 0 Å². The number of halogens is 3. The Kier molecular flexibility index (Phi) is 2.86. The third-order valence-corrected chi connectivity index (χ3v) is 3.57. The lowest BCUT2D eigenvalue weighted by Gasteiger charge is -1.99. The highest BCUT2D eigenvalue weighted by molar-refractivity contribution is 6.59. The van der Waals surface area contributed by atoms with E-state index >= 15 is 0 Å². The number of carboxylic acids is 1. The zero-order valence-electron chi connectivity index (χ0n) is 7.14. The molecule has 0 aliphatic heterocycles. The summed E-state index contributed by atoms with van der Waals surface area (Å²) < 4.78 is -0.0384. The molecule has 0 radical (unpaired) electrons. The SMILES string of the molecule is CC1(C)C(C(=O)O)C1C(Cl)=C(Cl)Cl. The van der Waals surface area contributed by atoms with E-state index < -0.39 is 11.9 Å². The van der Waals surface area contributed by atoms with Crippen LogP contribution < -0.4 is 0 Å². The van der Waals surface area contributed by atoms with Crippen LogP contribution in [-0.4, -0.2) is 11.1 Å². The second kappa shape index (κ2) is 3.34. The van der Waals surface area contributed by atoms with Crippen LogP contribution in [-0.2, 0) is 4.79 Å². The fraction of sp³-hybridized carbons (Fsp3) is 0.625. The zero-order valence-corrected chi connectivity index (χ0v) is 9.41. The largest absolute Gasteiger partial charge is 0.481 e. The monoisotopic (exact) mass is 242 g/mol. The highest BCUT2D eigenvalue weighted by atomic mass is 35.5. The second-order valence-electron chi connectivity index (χ2n) is 3.72. The summed E-state index contributed by atoms with van der Waals surface area (Å²) in [5.41, 5.74) is -0.349. The van der Waals surface area contributed by atoms with Crippen molar-refractivity contribution >= 4 is 40.8 Å². The maximum Gasteiger partial charge on any atom is 0.307 e. The van der Waals surface area contributed by atoms with Gasteiger partial charge in [-0.3, -0.25) is 4.79 Å². The van der Waals surface area contributed by atoms with E-state index in [0.29, 0.717) is 0 Å². The fourth-order valence-corrected chi connectivity index (χ4v) is 2.33. The first-order valence-corrected chi connectivity index (χ1v) is 4.87. The zero-order chi connectivity index (χ0) is 10.4. The van der Waals surface area contributed by atoms with Crippen LogP contribution in [0.5, 0.6) is 0 Å². The maximum atomic E-state index is 10.7. The summed E-state index contributed by atoms with van der Waals surface area (Å²) in [6.45, 7) is 3.66. The highest BCUT2D eigenvalue weighted by Gasteiger charge is 2.63. The third-order valence-electron chi connectivity index (χ3n) is 2.55. The quantitative estimate of drug-likeness (QED) is 0.808. The number of carboxylic acid groups (broad SMARTS) is 1. The van der Waals surface area contributed by atoms with E-state index in [9.17, 15) is 4.79 Å². The molecule has 1 aliphatic rings. The smallest absolute Gasteiger partial charge is 0.307 e. The molecular formula is C8H9Cl3O2. The minimum atomic E-state index is -0.859. The number of hydrogen-bond donors (Lipinski definition) is 1. The van der Waals surface area contributed by atoms with Crippen molar-refractivity contribution in [3.63, 3.8) is 0 Å². The van der Waals surface area contributed by atoms with Gasteiger partial charge in [0.05, 0.1) is 11.0 Å². The van der Waals surface area contributed by atoms with Gasteiger partial charge in [0.25, 0.3) is 0 Å². The summed E-state index contributed by atoms with van der Waals surface area (Å²) >= 11 is 16.8. The Hall–Kier alpha value is 0.0800. The first kappa shape index (κ1) is 11.2. The molecule has 1 saturated carbocycles. The fourth-order valence-electron chi connectivity index (χ4n) is 1.69. The maximum absolute atomic E-state index is 10.7. The standard InChI is InChI=1S/C8H9Cl3O2/c1-8(2)3(4(8)7(12)13)5(9)6(10)11/h3-4H,1-2H3,(H,12,13). The number of aliphatic carboxylic acids is 1. The van der Waals surface area contributed by atoms with Gasteiger partial charge in [-0.25, -0.2) is 0 Å². The first-order valence-electron chi connectivity index (χ1n) is 3.73. The molecule has 1 N–H and O–H groups in total. The molecule has 1 rings (SSSR count). The molecule has 5 heteroatoms. The molecule has 1 aliphatic carbocycles. The molecule has 2 unspecified atom stereocenters. The normalized spacial score (nSPS) is 29.6. The third kappa shape index (κ3) is 1.80. The summed E-state index contributed by atoms with van der Waals surface area (Å²) in [6.07, 6.45) is 0. The van der Waals surface area contributed by atoms with E-state index in [1.165, 1.54) is 0 Å². The predicted molar refractivity (Wildman–Crippen MR) is 53.0 cm³/mol. The van der Waals surface area contributed by atoms with Gasteiger partial charge in [-0.2, -0.15) is 0 Å². The molecule has 13 heavy (non-hydrogen) atoms. The lowest BCUT2D eigenvalue weighted by atomic mass is 10.1. The number of rotatable bonds is 2. The van der Waals surface area contributed by atoms with Crippen LogP contribution in [0.4, 0.5) is 0 Å². The van der Waals surface area contributed by atoms with Gasteiger partial charge in [-0.15, -0.1) is 0 Å². The summed E-state index contributed by atoms with van der Waals surface area (Å²) in [5.74, 6) is -1.59. The molecule has 0 bridgehead atoms. The minimum absolute atomic E-state index is 0.0384. The predicted octanol–water partition coefficient (Wildman–Crippen LogP) is 3.23. The van der Waals surface area contributed by atoms with Crippen molar-refractivity contribution in [3.8, 4) is 0 Å². The van der Waals surface area contributed by atoms with Crippen molar-refractivity contribution in [2.24, 2.45) is 17.3 Å². The van der Waals surface area contributed by atoms with Crippen LogP contribution >= 0.6 is 34.8 Å². The van der Waals surface area contributed by atoms with Crippen molar-refractivity contribution in [1.82, 2.24) is 0 Å². The molecule has 0 saturated heterocycles. The van der Waals surface area contributed by atoms with E-state index in [2.05, 4.69) is 0 Å². The molecule has 0 aromatic heterocycles. The molecular weight excluding hydrogens is 234 g/mol. The Morgan fingerprint density at radius 1 is 1.23 bits per heavy atom. The van der Waals surface area contributed by atoms with E-state index in [0.717, 1.165) is 0 Å². The van der Waals surface area contributed by atoms with Gasteiger partial charge in [-0.1, -0.05) is 48.7 Å². The number of allylic oxidation sites excluding steroid dienone is 1. The van der Waals surface area contributed by atoms with Gasteiger partial charge in [-0.05, 0) is 5.41 Å². The number of hydrogen-bond acceptors (Lipinski definition) is 1. The Labute approximate surface area is 91.5 Å².